The summed E-state index contributed by atoms with van der Waals surface area (Å²) in [4.78, 5) is 32.9. The maximum Gasteiger partial charge on any atom is 0.326 e. The molecule has 7 nitrogen and oxygen atoms in total. The normalized spacial score (nSPS) is 13.7. The van der Waals surface area contributed by atoms with Crippen LogP contribution in [0.2, 0.25) is 0 Å². The van der Waals surface area contributed by atoms with Crippen molar-refractivity contribution in [3.05, 3.63) is 0 Å². The molecule has 0 saturated carbocycles. The smallest absolute Gasteiger partial charge is 0.326 e. The van der Waals surface area contributed by atoms with Crippen molar-refractivity contribution in [3.8, 4) is 0 Å². The Morgan fingerprint density at radius 3 is 2.39 bits per heavy atom. The maximum atomic E-state index is 11.5. The van der Waals surface area contributed by atoms with Gasteiger partial charge in [-0.3, -0.25) is 9.59 Å². The van der Waals surface area contributed by atoms with Crippen LogP contribution in [-0.4, -0.2) is 41.5 Å². The first-order valence-electron chi connectivity index (χ1n) is 5.90. The van der Waals surface area contributed by atoms with Crippen LogP contribution >= 0.6 is 0 Å². The molecule has 0 aromatic heterocycles. The molecule has 1 unspecified atom stereocenters. The topological polar surface area (TPSA) is 122 Å². The van der Waals surface area contributed by atoms with Crippen LogP contribution in [0, 0.1) is 0 Å². The third kappa shape index (κ3) is 7.61. The van der Waals surface area contributed by atoms with Crippen molar-refractivity contribution >= 4 is 17.8 Å². The van der Waals surface area contributed by atoms with E-state index in [1.54, 1.807) is 0 Å². The highest BCUT2D eigenvalue weighted by molar-refractivity contribution is 5.85. The van der Waals surface area contributed by atoms with Gasteiger partial charge < -0.3 is 21.5 Å². The van der Waals surface area contributed by atoms with E-state index in [0.717, 1.165) is 6.42 Å². The molecule has 2 amide bonds. The van der Waals surface area contributed by atoms with Gasteiger partial charge in [0.1, 0.15) is 6.04 Å². The van der Waals surface area contributed by atoms with E-state index in [4.69, 9.17) is 10.8 Å². The molecule has 0 heterocycles. The van der Waals surface area contributed by atoms with Gasteiger partial charge in [0, 0.05) is 12.5 Å². The van der Waals surface area contributed by atoms with Gasteiger partial charge in [-0.15, -0.1) is 0 Å². The van der Waals surface area contributed by atoms with Gasteiger partial charge in [0.25, 0.3) is 0 Å². The van der Waals surface area contributed by atoms with E-state index in [-0.39, 0.29) is 25.4 Å². The summed E-state index contributed by atoms with van der Waals surface area (Å²) in [5.74, 6) is -2.17. The highest BCUT2D eigenvalue weighted by Crippen LogP contribution is 1.97. The van der Waals surface area contributed by atoms with E-state index in [2.05, 4.69) is 10.6 Å². The molecule has 0 aliphatic carbocycles. The van der Waals surface area contributed by atoms with Crippen LogP contribution in [0.1, 0.15) is 33.1 Å². The molecular weight excluding hydrogens is 238 g/mol. The lowest BCUT2D eigenvalue weighted by atomic mass is 10.1. The lowest BCUT2D eigenvalue weighted by molar-refractivity contribution is -0.142. The second-order valence-corrected chi connectivity index (χ2v) is 4.15. The Balaban J connectivity index is 4.11. The number of aliphatic carboxylic acids is 1. The predicted octanol–water partition coefficient (Wildman–Crippen LogP) is -0.791. The number of carboxylic acids is 1. The van der Waals surface area contributed by atoms with Gasteiger partial charge in [0.2, 0.25) is 11.8 Å². The zero-order valence-electron chi connectivity index (χ0n) is 10.7. The summed E-state index contributed by atoms with van der Waals surface area (Å²) in [6.45, 7) is 3.95. The zero-order chi connectivity index (χ0) is 14.1. The van der Waals surface area contributed by atoms with Crippen molar-refractivity contribution in [2.24, 2.45) is 5.73 Å². The standard InChI is InChI=1S/C11H21N3O4/c1-3-7(2)13-6-10(16)14-8(11(17)18)4-5-9(12)15/h7-8,13H,3-6H2,1-2H3,(H2,12,15)(H,14,16)(H,17,18)/t7?,8-/m0/s1. The molecule has 18 heavy (non-hydrogen) atoms. The molecule has 5 N–H and O–H groups in total. The fourth-order valence-electron chi connectivity index (χ4n) is 1.20. The molecule has 0 aromatic rings. The predicted molar refractivity (Wildman–Crippen MR) is 65.8 cm³/mol. The van der Waals surface area contributed by atoms with Gasteiger partial charge >= 0.3 is 5.97 Å². The number of hydrogen-bond acceptors (Lipinski definition) is 4. The molecule has 0 bridgehead atoms. The largest absolute Gasteiger partial charge is 0.480 e. The Kier molecular flexibility index (Phi) is 7.69. The fraction of sp³-hybridized carbons (Fsp3) is 0.727. The van der Waals surface area contributed by atoms with Crippen LogP contribution in [-0.2, 0) is 14.4 Å². The molecular formula is C11H21N3O4. The second kappa shape index (κ2) is 8.46. The van der Waals surface area contributed by atoms with E-state index in [1.807, 2.05) is 13.8 Å². The van der Waals surface area contributed by atoms with E-state index >= 15 is 0 Å². The van der Waals surface area contributed by atoms with Crippen molar-refractivity contribution in [1.29, 1.82) is 0 Å². The molecule has 2 atom stereocenters. The van der Waals surface area contributed by atoms with Crippen LogP contribution in [0.4, 0.5) is 0 Å². The van der Waals surface area contributed by atoms with Crippen molar-refractivity contribution in [1.82, 2.24) is 10.6 Å². The van der Waals surface area contributed by atoms with Crippen molar-refractivity contribution < 1.29 is 19.5 Å². The molecule has 0 aliphatic rings. The Bertz CT molecular complexity index is 307. The van der Waals surface area contributed by atoms with Crippen LogP contribution in [0.5, 0.6) is 0 Å². The molecule has 0 saturated heterocycles. The zero-order valence-corrected chi connectivity index (χ0v) is 10.7. The summed E-state index contributed by atoms with van der Waals surface area (Å²) in [6.07, 6.45) is 0.799. The first-order chi connectivity index (χ1) is 8.36. The number of carbonyl (C=O) groups excluding carboxylic acids is 2. The summed E-state index contributed by atoms with van der Waals surface area (Å²) in [5, 5.41) is 14.2. The van der Waals surface area contributed by atoms with Crippen LogP contribution in [0.3, 0.4) is 0 Å². The van der Waals surface area contributed by atoms with Crippen LogP contribution < -0.4 is 16.4 Å². The average molecular weight is 259 g/mol. The Morgan fingerprint density at radius 1 is 1.33 bits per heavy atom. The summed E-state index contributed by atoms with van der Waals surface area (Å²) in [7, 11) is 0. The van der Waals surface area contributed by atoms with Crippen molar-refractivity contribution in [2.75, 3.05) is 6.54 Å². The first kappa shape index (κ1) is 16.4. The number of carbonyl (C=O) groups is 3. The third-order valence-corrected chi connectivity index (χ3v) is 2.54. The second-order valence-electron chi connectivity index (χ2n) is 4.15. The average Bonchev–Trinajstić information content (AvgIpc) is 2.30. The van der Waals surface area contributed by atoms with E-state index in [0.29, 0.717) is 0 Å². The fourth-order valence-corrected chi connectivity index (χ4v) is 1.20. The number of nitrogens with two attached hydrogens (primary N) is 1. The van der Waals surface area contributed by atoms with Gasteiger partial charge in [-0.05, 0) is 19.8 Å². The molecule has 0 aromatic carbocycles. The molecule has 0 spiro atoms. The number of carboxylic acid groups (broad SMARTS) is 1. The Hall–Kier alpha value is -1.63. The van der Waals surface area contributed by atoms with Gasteiger partial charge in [0.15, 0.2) is 0 Å². The third-order valence-electron chi connectivity index (χ3n) is 2.54. The summed E-state index contributed by atoms with van der Waals surface area (Å²) in [6, 6.07) is -0.895. The molecule has 0 aliphatic heterocycles. The summed E-state index contributed by atoms with van der Waals surface area (Å²) >= 11 is 0. The number of amides is 2. The minimum absolute atomic E-state index is 0.000260. The monoisotopic (exact) mass is 259 g/mol. The van der Waals surface area contributed by atoms with E-state index in [9.17, 15) is 14.4 Å². The Labute approximate surface area is 106 Å². The van der Waals surface area contributed by atoms with Crippen LogP contribution in [0.25, 0.3) is 0 Å². The lowest BCUT2D eigenvalue weighted by Crippen LogP contribution is -2.46. The highest BCUT2D eigenvalue weighted by atomic mass is 16.4. The number of hydrogen-bond donors (Lipinski definition) is 4. The summed E-state index contributed by atoms with van der Waals surface area (Å²) in [5.41, 5.74) is 4.93. The molecule has 7 heteroatoms. The van der Waals surface area contributed by atoms with Crippen molar-refractivity contribution in [3.63, 3.8) is 0 Å². The number of primary amides is 1. The van der Waals surface area contributed by atoms with E-state index < -0.39 is 23.8 Å². The van der Waals surface area contributed by atoms with Gasteiger partial charge in [-0.25, -0.2) is 4.79 Å². The first-order valence-corrected chi connectivity index (χ1v) is 5.90. The minimum Gasteiger partial charge on any atom is -0.480 e. The number of nitrogens with one attached hydrogen (secondary N) is 2. The summed E-state index contributed by atoms with van der Waals surface area (Å²) < 4.78 is 0. The molecule has 104 valence electrons. The van der Waals surface area contributed by atoms with Crippen LogP contribution in [0.15, 0.2) is 0 Å². The van der Waals surface area contributed by atoms with Gasteiger partial charge in [-0.1, -0.05) is 6.92 Å². The quantitative estimate of drug-likeness (QED) is 0.432. The maximum absolute atomic E-state index is 11.5. The number of rotatable bonds is 9. The Morgan fingerprint density at radius 2 is 1.94 bits per heavy atom. The molecule has 0 rings (SSSR count). The minimum atomic E-state index is -1.17. The SMILES string of the molecule is CCC(C)NCC(=O)N[C@@H](CCC(N)=O)C(=O)O. The van der Waals surface area contributed by atoms with E-state index in [1.165, 1.54) is 0 Å². The lowest BCUT2D eigenvalue weighted by Gasteiger charge is -2.15. The highest BCUT2D eigenvalue weighted by Gasteiger charge is 2.20. The van der Waals surface area contributed by atoms with Gasteiger partial charge in [-0.2, -0.15) is 0 Å². The molecule has 0 fully saturated rings. The molecule has 0 radical (unpaired) electrons. The van der Waals surface area contributed by atoms with Gasteiger partial charge in [0.05, 0.1) is 6.54 Å². The van der Waals surface area contributed by atoms with Crippen molar-refractivity contribution in [2.45, 2.75) is 45.2 Å².